The smallest absolute Gasteiger partial charge is 0.260 e. The van der Waals surface area contributed by atoms with E-state index in [1.54, 1.807) is 0 Å². The summed E-state index contributed by atoms with van der Waals surface area (Å²) in [6, 6.07) is 6.27. The predicted octanol–water partition coefficient (Wildman–Crippen LogP) is 4.34. The van der Waals surface area contributed by atoms with Crippen LogP contribution in [0.4, 0.5) is 0 Å². The molecule has 130 valence electrons. The fraction of sp³-hybridized carbons (Fsp3) is 0.571. The first-order chi connectivity index (χ1) is 11.7. The van der Waals surface area contributed by atoms with E-state index in [2.05, 4.69) is 23.5 Å². The zero-order chi connectivity index (χ0) is 16.8. The first kappa shape index (κ1) is 17.1. The normalized spacial score (nSPS) is 18.3. The Morgan fingerprint density at radius 1 is 1.12 bits per heavy atom. The molecule has 0 fully saturated rings. The van der Waals surface area contributed by atoms with E-state index in [1.165, 1.54) is 61.6 Å². The summed E-state index contributed by atoms with van der Waals surface area (Å²) in [7, 11) is 0. The Hall–Kier alpha value is -1.77. The van der Waals surface area contributed by atoms with Crippen molar-refractivity contribution >= 4 is 5.91 Å². The number of fused-ring (bicyclic) bond motifs is 1. The number of benzene rings is 1. The second-order valence-corrected chi connectivity index (χ2v) is 7.05. The van der Waals surface area contributed by atoms with E-state index in [4.69, 9.17) is 4.74 Å². The molecule has 3 rings (SSSR count). The van der Waals surface area contributed by atoms with Crippen LogP contribution in [0.25, 0.3) is 0 Å². The summed E-state index contributed by atoms with van der Waals surface area (Å²) < 4.78 is 5.86. The average molecular weight is 327 g/mol. The first-order valence-corrected chi connectivity index (χ1v) is 9.46. The molecular weight excluding hydrogens is 298 g/mol. The number of nitrogens with one attached hydrogen (secondary N) is 1. The van der Waals surface area contributed by atoms with Crippen molar-refractivity contribution in [3.8, 4) is 5.75 Å². The highest BCUT2D eigenvalue weighted by atomic mass is 16.5. The Morgan fingerprint density at radius 2 is 1.92 bits per heavy atom. The van der Waals surface area contributed by atoms with Crippen LogP contribution in [0.1, 0.15) is 63.0 Å². The Kier molecular flexibility index (Phi) is 5.95. The molecule has 0 unspecified atom stereocenters. The molecule has 1 amide bonds. The van der Waals surface area contributed by atoms with Gasteiger partial charge in [0.25, 0.3) is 5.91 Å². The van der Waals surface area contributed by atoms with E-state index in [-0.39, 0.29) is 5.91 Å². The maximum Gasteiger partial charge on any atom is 0.260 e. The van der Waals surface area contributed by atoms with Gasteiger partial charge in [0.1, 0.15) is 5.75 Å². The van der Waals surface area contributed by atoms with Gasteiger partial charge < -0.3 is 10.1 Å². The highest BCUT2D eigenvalue weighted by molar-refractivity contribution is 5.80. The average Bonchev–Trinajstić information content (AvgIpc) is 2.62. The van der Waals surface area contributed by atoms with Crippen molar-refractivity contribution in [2.24, 2.45) is 0 Å². The minimum absolute atomic E-state index is 0.0240. The Balaban J connectivity index is 1.46. The second-order valence-electron chi connectivity index (χ2n) is 7.05. The van der Waals surface area contributed by atoms with E-state index in [0.29, 0.717) is 6.54 Å². The molecule has 0 spiro atoms. The standard InChI is InChI=1S/C21H29NO2/c1-16(21(23)22-14-13-17-7-3-2-4-8-17)24-20-12-11-18-9-5-6-10-19(18)15-20/h7,11-12,15-16H,2-6,8-10,13-14H2,1H3,(H,22,23)/t16-/m1/s1. The molecule has 1 aromatic carbocycles. The molecule has 1 atom stereocenters. The highest BCUT2D eigenvalue weighted by Crippen LogP contribution is 2.26. The van der Waals surface area contributed by atoms with E-state index in [1.807, 2.05) is 13.0 Å². The van der Waals surface area contributed by atoms with Gasteiger partial charge in [0.05, 0.1) is 0 Å². The fourth-order valence-corrected chi connectivity index (χ4v) is 3.66. The fourth-order valence-electron chi connectivity index (χ4n) is 3.66. The highest BCUT2D eigenvalue weighted by Gasteiger charge is 2.16. The van der Waals surface area contributed by atoms with Gasteiger partial charge in [-0.1, -0.05) is 17.7 Å². The number of aryl methyl sites for hydroxylation is 2. The molecule has 0 aliphatic heterocycles. The van der Waals surface area contributed by atoms with Crippen LogP contribution >= 0.6 is 0 Å². The molecule has 24 heavy (non-hydrogen) atoms. The molecule has 2 aliphatic rings. The molecule has 0 saturated carbocycles. The van der Waals surface area contributed by atoms with Gasteiger partial charge in [0.15, 0.2) is 6.10 Å². The van der Waals surface area contributed by atoms with E-state index < -0.39 is 6.10 Å². The summed E-state index contributed by atoms with van der Waals surface area (Å²) in [5.41, 5.74) is 4.31. The van der Waals surface area contributed by atoms with Gasteiger partial charge in [-0.15, -0.1) is 0 Å². The summed E-state index contributed by atoms with van der Waals surface area (Å²) in [6.07, 6.45) is 12.7. The Bertz CT molecular complexity index is 606. The lowest BCUT2D eigenvalue weighted by Crippen LogP contribution is -2.37. The Labute approximate surface area is 145 Å². The molecule has 1 N–H and O–H groups in total. The Morgan fingerprint density at radius 3 is 2.71 bits per heavy atom. The van der Waals surface area contributed by atoms with Crippen molar-refractivity contribution < 1.29 is 9.53 Å². The van der Waals surface area contributed by atoms with Crippen LogP contribution in [-0.4, -0.2) is 18.6 Å². The van der Waals surface area contributed by atoms with Gasteiger partial charge in [0.2, 0.25) is 0 Å². The van der Waals surface area contributed by atoms with Crippen molar-refractivity contribution in [1.82, 2.24) is 5.32 Å². The van der Waals surface area contributed by atoms with Gasteiger partial charge in [-0.05, 0) is 88.0 Å². The molecule has 3 heteroatoms. The van der Waals surface area contributed by atoms with Crippen LogP contribution < -0.4 is 10.1 Å². The van der Waals surface area contributed by atoms with Crippen molar-refractivity contribution in [3.63, 3.8) is 0 Å². The summed E-state index contributed by atoms with van der Waals surface area (Å²) in [4.78, 5) is 12.2. The predicted molar refractivity (Wildman–Crippen MR) is 97.4 cm³/mol. The number of ether oxygens (including phenoxy) is 1. The van der Waals surface area contributed by atoms with Gasteiger partial charge in [0, 0.05) is 6.54 Å². The summed E-state index contributed by atoms with van der Waals surface area (Å²) >= 11 is 0. The summed E-state index contributed by atoms with van der Waals surface area (Å²) in [5.74, 6) is 0.789. The zero-order valence-electron chi connectivity index (χ0n) is 14.8. The second kappa shape index (κ2) is 8.36. The zero-order valence-corrected chi connectivity index (χ0v) is 14.8. The SMILES string of the molecule is C[C@@H](Oc1ccc2c(c1)CCCC2)C(=O)NCCC1=CCCCC1. The van der Waals surface area contributed by atoms with Crippen LogP contribution in [-0.2, 0) is 17.6 Å². The monoisotopic (exact) mass is 327 g/mol. The number of carbonyl (C=O) groups is 1. The number of hydrogen-bond acceptors (Lipinski definition) is 2. The van der Waals surface area contributed by atoms with E-state index in [0.717, 1.165) is 18.6 Å². The van der Waals surface area contributed by atoms with Gasteiger partial charge >= 0.3 is 0 Å². The minimum atomic E-state index is -0.452. The first-order valence-electron chi connectivity index (χ1n) is 9.46. The largest absolute Gasteiger partial charge is 0.481 e. The third-order valence-electron chi connectivity index (χ3n) is 5.13. The quantitative estimate of drug-likeness (QED) is 0.789. The molecule has 0 bridgehead atoms. The summed E-state index contributed by atoms with van der Waals surface area (Å²) in [5, 5.41) is 3.01. The van der Waals surface area contributed by atoms with Gasteiger partial charge in [-0.3, -0.25) is 4.79 Å². The van der Waals surface area contributed by atoms with Gasteiger partial charge in [-0.25, -0.2) is 0 Å². The van der Waals surface area contributed by atoms with Crippen LogP contribution in [0.5, 0.6) is 5.75 Å². The van der Waals surface area contributed by atoms with Crippen molar-refractivity contribution in [1.29, 1.82) is 0 Å². The topological polar surface area (TPSA) is 38.3 Å². The molecule has 0 aromatic heterocycles. The molecule has 0 radical (unpaired) electrons. The third kappa shape index (κ3) is 4.62. The number of carbonyl (C=O) groups excluding carboxylic acids is 1. The lowest BCUT2D eigenvalue weighted by Gasteiger charge is -2.19. The maximum absolute atomic E-state index is 12.2. The molecule has 0 saturated heterocycles. The van der Waals surface area contributed by atoms with Crippen LogP contribution in [0.3, 0.4) is 0 Å². The van der Waals surface area contributed by atoms with Crippen LogP contribution in [0, 0.1) is 0 Å². The number of amides is 1. The summed E-state index contributed by atoms with van der Waals surface area (Å²) in [6.45, 7) is 2.54. The van der Waals surface area contributed by atoms with Crippen molar-refractivity contribution in [2.75, 3.05) is 6.54 Å². The minimum Gasteiger partial charge on any atom is -0.481 e. The van der Waals surface area contributed by atoms with E-state index >= 15 is 0 Å². The van der Waals surface area contributed by atoms with Gasteiger partial charge in [-0.2, -0.15) is 0 Å². The molecule has 0 heterocycles. The number of rotatable bonds is 6. The lowest BCUT2D eigenvalue weighted by atomic mass is 9.92. The van der Waals surface area contributed by atoms with Crippen molar-refractivity contribution in [2.45, 2.75) is 70.8 Å². The third-order valence-corrected chi connectivity index (χ3v) is 5.13. The van der Waals surface area contributed by atoms with Crippen molar-refractivity contribution in [3.05, 3.63) is 41.0 Å². The molecular formula is C21H29NO2. The lowest BCUT2D eigenvalue weighted by molar-refractivity contribution is -0.127. The number of hydrogen-bond donors (Lipinski definition) is 1. The molecule has 2 aliphatic carbocycles. The maximum atomic E-state index is 12.2. The van der Waals surface area contributed by atoms with Crippen LogP contribution in [0.2, 0.25) is 0 Å². The molecule has 3 nitrogen and oxygen atoms in total. The molecule has 1 aromatic rings. The number of allylic oxidation sites excluding steroid dienone is 1. The van der Waals surface area contributed by atoms with Crippen LogP contribution in [0.15, 0.2) is 29.8 Å². The van der Waals surface area contributed by atoms with E-state index in [9.17, 15) is 4.79 Å².